The van der Waals surface area contributed by atoms with Crippen LogP contribution in [0.2, 0.25) is 0 Å². The fraction of sp³-hybridized carbons (Fsp3) is 0.833. The number of nitrogens with one attached hydrogen (secondary N) is 1. The van der Waals surface area contributed by atoms with Crippen LogP contribution in [0.4, 0.5) is 0 Å². The highest BCUT2D eigenvalue weighted by atomic mass is 32.1. The van der Waals surface area contributed by atoms with Crippen LogP contribution in [0.15, 0.2) is 5.38 Å². The topological polar surface area (TPSA) is 24.9 Å². The van der Waals surface area contributed by atoms with Crippen molar-refractivity contribution in [2.75, 3.05) is 6.54 Å². The lowest BCUT2D eigenvalue weighted by Crippen LogP contribution is -2.46. The summed E-state index contributed by atoms with van der Waals surface area (Å²) in [5, 5.41) is 7.47. The van der Waals surface area contributed by atoms with Gasteiger partial charge in [-0.15, -0.1) is 11.3 Å². The van der Waals surface area contributed by atoms with Gasteiger partial charge < -0.3 is 5.32 Å². The van der Waals surface area contributed by atoms with Gasteiger partial charge in [0.2, 0.25) is 0 Å². The number of thiazole rings is 1. The van der Waals surface area contributed by atoms with E-state index >= 15 is 0 Å². The molecule has 2 saturated carbocycles. The third kappa shape index (κ3) is 3.19. The van der Waals surface area contributed by atoms with Gasteiger partial charge in [-0.3, -0.25) is 0 Å². The molecular formula is C18H30N2S. The Morgan fingerprint density at radius 2 is 2.05 bits per heavy atom. The Labute approximate surface area is 133 Å². The van der Waals surface area contributed by atoms with Crippen LogP contribution in [0.1, 0.15) is 76.9 Å². The predicted molar refractivity (Wildman–Crippen MR) is 90.9 cm³/mol. The van der Waals surface area contributed by atoms with E-state index in [0.717, 1.165) is 18.4 Å². The molecule has 2 aliphatic rings. The molecule has 2 nitrogen and oxygen atoms in total. The number of rotatable bonds is 4. The quantitative estimate of drug-likeness (QED) is 0.860. The van der Waals surface area contributed by atoms with E-state index in [1.807, 2.05) is 11.3 Å². The van der Waals surface area contributed by atoms with Crippen molar-refractivity contribution in [3.05, 3.63) is 16.1 Å². The maximum Gasteiger partial charge on any atom is 0.113 e. The number of aromatic nitrogens is 1. The van der Waals surface area contributed by atoms with Crippen LogP contribution >= 0.6 is 11.3 Å². The fourth-order valence-electron chi connectivity index (χ4n) is 3.89. The van der Waals surface area contributed by atoms with E-state index in [0.29, 0.717) is 0 Å². The summed E-state index contributed by atoms with van der Waals surface area (Å²) in [4.78, 5) is 5.07. The van der Waals surface area contributed by atoms with Crippen molar-refractivity contribution in [2.45, 2.75) is 77.2 Å². The Balaban J connectivity index is 1.87. The maximum atomic E-state index is 5.07. The molecule has 2 aliphatic carbocycles. The van der Waals surface area contributed by atoms with Crippen LogP contribution in [0.3, 0.4) is 0 Å². The lowest BCUT2D eigenvalue weighted by atomic mass is 9.74. The molecular weight excluding hydrogens is 276 g/mol. The van der Waals surface area contributed by atoms with Crippen molar-refractivity contribution in [3.63, 3.8) is 0 Å². The zero-order chi connectivity index (χ0) is 15.1. The summed E-state index contributed by atoms with van der Waals surface area (Å²) in [6.07, 6.45) is 8.31. The zero-order valence-corrected chi connectivity index (χ0v) is 14.9. The van der Waals surface area contributed by atoms with Gasteiger partial charge >= 0.3 is 0 Å². The number of nitrogens with zero attached hydrogens (tertiary/aromatic N) is 1. The fourth-order valence-corrected chi connectivity index (χ4v) is 5.16. The predicted octanol–water partition coefficient (Wildman–Crippen LogP) is 4.85. The summed E-state index contributed by atoms with van der Waals surface area (Å²) in [5.74, 6) is 1.95. The molecule has 2 fully saturated rings. The zero-order valence-electron chi connectivity index (χ0n) is 14.0. The van der Waals surface area contributed by atoms with Crippen molar-refractivity contribution in [1.82, 2.24) is 10.3 Å². The van der Waals surface area contributed by atoms with E-state index in [4.69, 9.17) is 4.98 Å². The molecule has 118 valence electrons. The largest absolute Gasteiger partial charge is 0.306 e. The number of hydrogen-bond donors (Lipinski definition) is 1. The first-order valence-electron chi connectivity index (χ1n) is 8.66. The van der Waals surface area contributed by atoms with Crippen LogP contribution in [0, 0.1) is 11.8 Å². The molecule has 21 heavy (non-hydrogen) atoms. The summed E-state index contributed by atoms with van der Waals surface area (Å²) in [5.41, 5.74) is 1.58. The van der Waals surface area contributed by atoms with E-state index in [1.54, 1.807) is 0 Å². The summed E-state index contributed by atoms with van der Waals surface area (Å²) in [7, 11) is 0. The molecule has 1 aromatic rings. The second-order valence-electron chi connectivity index (χ2n) is 8.09. The molecule has 1 heterocycles. The Bertz CT molecular complexity index is 480. The first-order chi connectivity index (χ1) is 9.94. The van der Waals surface area contributed by atoms with E-state index in [9.17, 15) is 0 Å². The molecule has 0 spiro atoms. The first-order valence-corrected chi connectivity index (χ1v) is 9.54. The van der Waals surface area contributed by atoms with E-state index < -0.39 is 0 Å². The summed E-state index contributed by atoms with van der Waals surface area (Å²) in [6, 6.07) is 0. The van der Waals surface area contributed by atoms with Gasteiger partial charge in [-0.2, -0.15) is 0 Å². The highest BCUT2D eigenvalue weighted by Crippen LogP contribution is 2.50. The molecule has 2 unspecified atom stereocenters. The maximum absolute atomic E-state index is 5.07. The third-order valence-corrected chi connectivity index (χ3v) is 6.32. The van der Waals surface area contributed by atoms with Crippen molar-refractivity contribution in [2.24, 2.45) is 11.8 Å². The van der Waals surface area contributed by atoms with Crippen LogP contribution in [-0.2, 0) is 11.0 Å². The minimum absolute atomic E-state index is 0.159. The molecule has 1 N–H and O–H groups in total. The molecule has 0 saturated heterocycles. The minimum Gasteiger partial charge on any atom is -0.306 e. The monoisotopic (exact) mass is 306 g/mol. The van der Waals surface area contributed by atoms with Gasteiger partial charge in [0.25, 0.3) is 0 Å². The molecule has 0 amide bonds. The first kappa shape index (κ1) is 15.5. The van der Waals surface area contributed by atoms with Gasteiger partial charge in [0.15, 0.2) is 0 Å². The Hall–Kier alpha value is -0.410. The number of hydrogen-bond acceptors (Lipinski definition) is 3. The molecule has 0 bridgehead atoms. The average Bonchev–Trinajstić information content (AvgIpc) is 3.14. The Morgan fingerprint density at radius 3 is 2.62 bits per heavy atom. The molecule has 1 aromatic heterocycles. The van der Waals surface area contributed by atoms with Crippen molar-refractivity contribution < 1.29 is 0 Å². The Kier molecular flexibility index (Phi) is 4.17. The van der Waals surface area contributed by atoms with Gasteiger partial charge in [-0.05, 0) is 44.1 Å². The summed E-state index contributed by atoms with van der Waals surface area (Å²) < 4.78 is 0. The molecule has 2 atom stereocenters. The van der Waals surface area contributed by atoms with Crippen LogP contribution in [0.25, 0.3) is 0 Å². The highest BCUT2D eigenvalue weighted by molar-refractivity contribution is 7.09. The standard InChI is InChI=1S/C18H30N2S/c1-5-19-18(10-6-7-14(11-18)13-8-9-13)16-20-15(12-21-16)17(2,3)4/h12-14,19H,5-11H2,1-4H3. The minimum atomic E-state index is 0.159. The second kappa shape index (κ2) is 5.66. The second-order valence-corrected chi connectivity index (χ2v) is 8.95. The van der Waals surface area contributed by atoms with Gasteiger partial charge in [-0.1, -0.05) is 40.5 Å². The van der Waals surface area contributed by atoms with Gasteiger partial charge in [0.1, 0.15) is 5.01 Å². The van der Waals surface area contributed by atoms with Crippen LogP contribution < -0.4 is 5.32 Å². The lowest BCUT2D eigenvalue weighted by Gasteiger charge is -2.40. The molecule has 3 rings (SSSR count). The van der Waals surface area contributed by atoms with E-state index in [1.165, 1.54) is 49.2 Å². The molecule has 0 radical (unpaired) electrons. The van der Waals surface area contributed by atoms with Crippen molar-refractivity contribution in [1.29, 1.82) is 0 Å². The molecule has 3 heteroatoms. The molecule has 0 aliphatic heterocycles. The third-order valence-electron chi connectivity index (χ3n) is 5.27. The Morgan fingerprint density at radius 1 is 1.29 bits per heavy atom. The van der Waals surface area contributed by atoms with Gasteiger partial charge in [0, 0.05) is 10.8 Å². The van der Waals surface area contributed by atoms with Crippen molar-refractivity contribution >= 4 is 11.3 Å². The highest BCUT2D eigenvalue weighted by Gasteiger charge is 2.44. The van der Waals surface area contributed by atoms with Crippen LogP contribution in [-0.4, -0.2) is 11.5 Å². The van der Waals surface area contributed by atoms with Crippen molar-refractivity contribution in [3.8, 4) is 0 Å². The SMILES string of the molecule is CCNC1(c2nc(C(C)(C)C)cs2)CCCC(C2CC2)C1. The lowest BCUT2D eigenvalue weighted by molar-refractivity contribution is 0.165. The van der Waals surface area contributed by atoms with Gasteiger partial charge in [0.05, 0.1) is 11.2 Å². The van der Waals surface area contributed by atoms with Gasteiger partial charge in [-0.25, -0.2) is 4.98 Å². The molecule has 0 aromatic carbocycles. The van der Waals surface area contributed by atoms with E-state index in [2.05, 4.69) is 38.4 Å². The normalized spacial score (nSPS) is 30.6. The summed E-state index contributed by atoms with van der Waals surface area (Å²) >= 11 is 1.88. The van der Waals surface area contributed by atoms with Crippen LogP contribution in [0.5, 0.6) is 0 Å². The van der Waals surface area contributed by atoms with E-state index in [-0.39, 0.29) is 11.0 Å². The summed E-state index contributed by atoms with van der Waals surface area (Å²) in [6.45, 7) is 10.1. The average molecular weight is 307 g/mol. The smallest absolute Gasteiger partial charge is 0.113 e.